The van der Waals surface area contributed by atoms with Crippen LogP contribution < -0.4 is 0 Å². The number of likely N-dealkylation sites (N-methyl/N-ethyl adjacent to an activating group) is 1. The Bertz CT molecular complexity index is 390. The van der Waals surface area contributed by atoms with Gasteiger partial charge in [-0.1, -0.05) is 6.07 Å². The van der Waals surface area contributed by atoms with E-state index >= 15 is 0 Å². The molecule has 2 rings (SSSR count). The molecule has 0 radical (unpaired) electrons. The molecule has 98 valence electrons. The number of hydrogen-bond acceptors (Lipinski definition) is 4. The van der Waals surface area contributed by atoms with Crippen LogP contribution in [0.2, 0.25) is 0 Å². The van der Waals surface area contributed by atoms with E-state index in [0.717, 1.165) is 31.5 Å². The van der Waals surface area contributed by atoms with Gasteiger partial charge in [0.2, 0.25) is 0 Å². The first kappa shape index (κ1) is 13.0. The first-order valence-corrected chi connectivity index (χ1v) is 6.40. The minimum absolute atomic E-state index is 0.0845. The lowest BCUT2D eigenvalue weighted by atomic mass is 10.1. The number of aromatic nitrogens is 1. The quantitative estimate of drug-likeness (QED) is 0.716. The molecule has 0 saturated heterocycles. The molecule has 0 bridgehead atoms. The van der Waals surface area contributed by atoms with Crippen LogP contribution in [-0.2, 0) is 16.0 Å². The number of ether oxygens (including phenoxy) is 1. The molecule has 0 N–H and O–H groups in total. The minimum Gasteiger partial charge on any atom is -0.468 e. The first-order valence-electron chi connectivity index (χ1n) is 6.40. The lowest BCUT2D eigenvalue weighted by molar-refractivity contribution is -0.147. The van der Waals surface area contributed by atoms with Crippen molar-refractivity contribution >= 4 is 5.97 Å². The second-order valence-electron chi connectivity index (χ2n) is 4.86. The van der Waals surface area contributed by atoms with Gasteiger partial charge in [0.05, 0.1) is 7.11 Å². The Morgan fingerprint density at radius 2 is 2.33 bits per heavy atom. The Kier molecular flexibility index (Phi) is 4.31. The average molecular weight is 248 g/mol. The minimum atomic E-state index is -0.110. The molecule has 0 aromatic carbocycles. The van der Waals surface area contributed by atoms with E-state index in [1.54, 1.807) is 6.20 Å². The van der Waals surface area contributed by atoms with Gasteiger partial charge in [0.25, 0.3) is 0 Å². The van der Waals surface area contributed by atoms with Gasteiger partial charge in [0.15, 0.2) is 0 Å². The van der Waals surface area contributed by atoms with Gasteiger partial charge in [0.1, 0.15) is 6.04 Å². The normalized spacial score (nSPS) is 16.6. The number of hydrogen-bond donors (Lipinski definition) is 0. The van der Waals surface area contributed by atoms with Crippen molar-refractivity contribution in [3.05, 3.63) is 30.1 Å². The largest absolute Gasteiger partial charge is 0.468 e. The Hall–Kier alpha value is -1.42. The Morgan fingerprint density at radius 3 is 2.89 bits per heavy atom. The predicted octanol–water partition coefficient (Wildman–Crippen LogP) is 1.51. The second kappa shape index (κ2) is 5.96. The van der Waals surface area contributed by atoms with Crippen LogP contribution in [0, 0.1) is 5.92 Å². The van der Waals surface area contributed by atoms with Crippen molar-refractivity contribution < 1.29 is 9.53 Å². The molecule has 4 nitrogen and oxygen atoms in total. The number of pyridine rings is 1. The van der Waals surface area contributed by atoms with E-state index in [9.17, 15) is 4.79 Å². The van der Waals surface area contributed by atoms with Crippen molar-refractivity contribution in [2.24, 2.45) is 5.92 Å². The monoisotopic (exact) mass is 248 g/mol. The van der Waals surface area contributed by atoms with Gasteiger partial charge in [-0.25, -0.2) is 0 Å². The maximum Gasteiger partial charge on any atom is 0.323 e. The molecule has 1 unspecified atom stereocenters. The molecule has 1 aliphatic carbocycles. The summed E-state index contributed by atoms with van der Waals surface area (Å²) in [6, 6.07) is 5.83. The first-order chi connectivity index (χ1) is 8.72. The summed E-state index contributed by atoms with van der Waals surface area (Å²) < 4.78 is 4.89. The predicted molar refractivity (Wildman–Crippen MR) is 69.1 cm³/mol. The topological polar surface area (TPSA) is 42.4 Å². The average Bonchev–Trinajstić information content (AvgIpc) is 3.22. The van der Waals surface area contributed by atoms with E-state index in [2.05, 4.69) is 9.88 Å². The van der Waals surface area contributed by atoms with E-state index in [-0.39, 0.29) is 12.0 Å². The van der Waals surface area contributed by atoms with Crippen LogP contribution in [-0.4, -0.2) is 42.6 Å². The zero-order valence-corrected chi connectivity index (χ0v) is 11.0. The van der Waals surface area contributed by atoms with Crippen LogP contribution in [0.5, 0.6) is 0 Å². The summed E-state index contributed by atoms with van der Waals surface area (Å²) >= 11 is 0. The number of esters is 1. The number of rotatable bonds is 6. The van der Waals surface area contributed by atoms with Crippen LogP contribution in [0.3, 0.4) is 0 Å². The summed E-state index contributed by atoms with van der Waals surface area (Å²) in [5, 5.41) is 0. The fraction of sp³-hybridized carbons (Fsp3) is 0.571. The van der Waals surface area contributed by atoms with Gasteiger partial charge in [0, 0.05) is 24.9 Å². The number of carbonyl (C=O) groups is 1. The van der Waals surface area contributed by atoms with Gasteiger partial charge in [-0.15, -0.1) is 0 Å². The van der Waals surface area contributed by atoms with E-state index in [0.29, 0.717) is 5.92 Å². The van der Waals surface area contributed by atoms with Crippen molar-refractivity contribution in [1.29, 1.82) is 0 Å². The van der Waals surface area contributed by atoms with E-state index in [1.807, 2.05) is 25.2 Å². The number of carbonyl (C=O) groups excluding carboxylic acids is 1. The summed E-state index contributed by atoms with van der Waals surface area (Å²) in [7, 11) is 3.45. The van der Waals surface area contributed by atoms with Crippen LogP contribution >= 0.6 is 0 Å². The molecule has 1 heterocycles. The third-order valence-corrected chi connectivity index (χ3v) is 3.43. The SMILES string of the molecule is COC(=O)C(C1CC1)N(C)CCc1ccccn1. The molecule has 1 saturated carbocycles. The number of nitrogens with zero attached hydrogens (tertiary/aromatic N) is 2. The Balaban J connectivity index is 1.89. The molecule has 0 spiro atoms. The lowest BCUT2D eigenvalue weighted by Crippen LogP contribution is -2.42. The summed E-state index contributed by atoms with van der Waals surface area (Å²) in [5.41, 5.74) is 1.06. The number of methoxy groups -OCH3 is 1. The second-order valence-corrected chi connectivity index (χ2v) is 4.86. The third kappa shape index (κ3) is 3.29. The molecule has 1 atom stereocenters. The van der Waals surface area contributed by atoms with Crippen LogP contribution in [0.1, 0.15) is 18.5 Å². The fourth-order valence-electron chi connectivity index (χ4n) is 2.24. The zero-order chi connectivity index (χ0) is 13.0. The Labute approximate surface area is 108 Å². The van der Waals surface area contributed by atoms with Crippen molar-refractivity contribution in [1.82, 2.24) is 9.88 Å². The van der Waals surface area contributed by atoms with Crippen LogP contribution in [0.25, 0.3) is 0 Å². The molecule has 4 heteroatoms. The molecule has 0 amide bonds. The van der Waals surface area contributed by atoms with Crippen molar-refractivity contribution in [3.63, 3.8) is 0 Å². The summed E-state index contributed by atoms with van der Waals surface area (Å²) in [5.74, 6) is 0.368. The van der Waals surface area contributed by atoms with E-state index in [4.69, 9.17) is 4.74 Å². The van der Waals surface area contributed by atoms with Gasteiger partial charge in [-0.3, -0.25) is 14.7 Å². The van der Waals surface area contributed by atoms with Gasteiger partial charge in [-0.05, 0) is 37.9 Å². The summed E-state index contributed by atoms with van der Waals surface area (Å²) in [6.07, 6.45) is 4.92. The highest BCUT2D eigenvalue weighted by Gasteiger charge is 2.39. The molecular weight excluding hydrogens is 228 g/mol. The van der Waals surface area contributed by atoms with Crippen molar-refractivity contribution in [3.8, 4) is 0 Å². The molecule has 1 aromatic heterocycles. The van der Waals surface area contributed by atoms with E-state index in [1.165, 1.54) is 7.11 Å². The van der Waals surface area contributed by atoms with Crippen LogP contribution in [0.4, 0.5) is 0 Å². The van der Waals surface area contributed by atoms with E-state index < -0.39 is 0 Å². The molecule has 1 aromatic rings. The van der Waals surface area contributed by atoms with Crippen molar-refractivity contribution in [2.45, 2.75) is 25.3 Å². The zero-order valence-electron chi connectivity index (χ0n) is 11.0. The van der Waals surface area contributed by atoms with Crippen LogP contribution in [0.15, 0.2) is 24.4 Å². The van der Waals surface area contributed by atoms with Crippen molar-refractivity contribution in [2.75, 3.05) is 20.7 Å². The molecule has 0 aliphatic heterocycles. The Morgan fingerprint density at radius 1 is 1.56 bits per heavy atom. The van der Waals surface area contributed by atoms with Gasteiger partial charge < -0.3 is 4.74 Å². The standard InChI is InChI=1S/C14H20N2O2/c1-16(10-8-12-5-3-4-9-15-12)13(11-6-7-11)14(17)18-2/h3-5,9,11,13H,6-8,10H2,1-2H3. The highest BCUT2D eigenvalue weighted by molar-refractivity contribution is 5.76. The maximum absolute atomic E-state index is 11.8. The lowest BCUT2D eigenvalue weighted by Gasteiger charge is -2.25. The smallest absolute Gasteiger partial charge is 0.323 e. The summed E-state index contributed by atoms with van der Waals surface area (Å²) in [4.78, 5) is 18.2. The summed E-state index contributed by atoms with van der Waals surface area (Å²) in [6.45, 7) is 0.827. The molecule has 18 heavy (non-hydrogen) atoms. The van der Waals surface area contributed by atoms with Gasteiger partial charge in [-0.2, -0.15) is 0 Å². The maximum atomic E-state index is 11.8. The highest BCUT2D eigenvalue weighted by Crippen LogP contribution is 2.35. The molecule has 1 fully saturated rings. The third-order valence-electron chi connectivity index (χ3n) is 3.43. The molecular formula is C14H20N2O2. The fourth-order valence-corrected chi connectivity index (χ4v) is 2.24. The highest BCUT2D eigenvalue weighted by atomic mass is 16.5. The molecule has 1 aliphatic rings. The van der Waals surface area contributed by atoms with Gasteiger partial charge >= 0.3 is 5.97 Å².